The van der Waals surface area contributed by atoms with Gasteiger partial charge in [-0.05, 0) is 12.8 Å². The van der Waals surface area contributed by atoms with Crippen LogP contribution in [0.15, 0.2) is 0 Å². The molecule has 0 aliphatic rings. The minimum absolute atomic E-state index is 0.172. The number of carboxylic acids is 1. The van der Waals surface area contributed by atoms with Crippen LogP contribution in [0.4, 0.5) is 0 Å². The normalized spacial score (nSPS) is 12.6. The van der Waals surface area contributed by atoms with Crippen LogP contribution >= 0.6 is 0 Å². The lowest BCUT2D eigenvalue weighted by atomic mass is 10.0. The van der Waals surface area contributed by atoms with E-state index >= 15 is 0 Å². The molecule has 0 radical (unpaired) electrons. The first kappa shape index (κ1) is 77.3. The summed E-state index contributed by atoms with van der Waals surface area (Å²) in [5.74, 6) is -1.97. The number of hydrogen-bond donors (Lipinski definition) is 1. The molecule has 1 N–H and O–H groups in total. The molecule has 0 fully saturated rings. The Balaban J connectivity index is 3.99. The number of nitrogens with zero attached hydrogens (tertiary/aromatic N) is 1. The number of carbonyl (C=O) groups excluding carboxylic acids is 2. The van der Waals surface area contributed by atoms with E-state index in [0.29, 0.717) is 17.4 Å². The van der Waals surface area contributed by atoms with E-state index in [-0.39, 0.29) is 38.2 Å². The molecule has 0 amide bonds. The number of hydrogen-bond acceptors (Lipinski definition) is 7. The van der Waals surface area contributed by atoms with E-state index in [0.717, 1.165) is 38.5 Å². The predicted octanol–water partition coefficient (Wildman–Crippen LogP) is 21.5. The van der Waals surface area contributed by atoms with Crippen LogP contribution in [0.3, 0.4) is 0 Å². The Morgan fingerprint density at radius 2 is 0.570 bits per heavy atom. The average Bonchev–Trinajstić information content (AvgIpc) is 3.42. The molecule has 9 nitrogen and oxygen atoms in total. The third-order valence-electron chi connectivity index (χ3n) is 16.4. The molecule has 0 aromatic carbocycles. The van der Waals surface area contributed by atoms with Gasteiger partial charge < -0.3 is 28.5 Å². The van der Waals surface area contributed by atoms with Crippen LogP contribution in [0, 0.1) is 0 Å². The minimum Gasteiger partial charge on any atom is -0.477 e. The van der Waals surface area contributed by atoms with Gasteiger partial charge in [0.25, 0.3) is 6.29 Å². The van der Waals surface area contributed by atoms with Crippen molar-refractivity contribution in [3.8, 4) is 0 Å². The van der Waals surface area contributed by atoms with Crippen LogP contribution in [0.25, 0.3) is 0 Å². The SMILES string of the molecule is CCCCCCCCCCCCCCCCCCCCCCCCCCCCCCCCCCCCC(=O)OC(COC(=O)CCCCCCCCCCCCCCCCCCCCCC)COC(OCC[N+](C)(C)C)C(=O)O. The Hall–Kier alpha value is -1.71. The first-order valence-electron chi connectivity index (χ1n) is 35.2. The van der Waals surface area contributed by atoms with Crippen LogP contribution in [0.2, 0.25) is 0 Å². The summed E-state index contributed by atoms with van der Waals surface area (Å²) in [4.78, 5) is 37.6. The summed E-state index contributed by atoms with van der Waals surface area (Å²) in [5.41, 5.74) is 0. The molecule has 2 atom stereocenters. The molecule has 0 saturated heterocycles. The number of rotatable bonds is 67. The number of carbonyl (C=O) groups is 3. The van der Waals surface area contributed by atoms with Crippen molar-refractivity contribution in [2.24, 2.45) is 0 Å². The summed E-state index contributed by atoms with van der Waals surface area (Å²) in [6, 6.07) is 0. The van der Waals surface area contributed by atoms with E-state index in [9.17, 15) is 19.5 Å². The van der Waals surface area contributed by atoms with E-state index < -0.39 is 18.4 Å². The van der Waals surface area contributed by atoms with Crippen LogP contribution in [0.5, 0.6) is 0 Å². The van der Waals surface area contributed by atoms with Crippen molar-refractivity contribution in [2.45, 2.75) is 386 Å². The van der Waals surface area contributed by atoms with Gasteiger partial charge in [0.15, 0.2) is 6.10 Å². The zero-order valence-corrected chi connectivity index (χ0v) is 53.8. The second-order valence-electron chi connectivity index (χ2n) is 25.6. The van der Waals surface area contributed by atoms with Crippen molar-refractivity contribution in [2.75, 3.05) is 47.5 Å². The van der Waals surface area contributed by atoms with Crippen LogP contribution in [0.1, 0.15) is 373 Å². The highest BCUT2D eigenvalue weighted by Gasteiger charge is 2.25. The summed E-state index contributed by atoms with van der Waals surface area (Å²) in [6.07, 6.45) is 70.9. The number of ether oxygens (including phenoxy) is 4. The van der Waals surface area contributed by atoms with Crippen LogP contribution < -0.4 is 0 Å². The lowest BCUT2D eigenvalue weighted by Crippen LogP contribution is -2.40. The topological polar surface area (TPSA) is 108 Å². The van der Waals surface area contributed by atoms with Crippen LogP contribution in [-0.2, 0) is 33.3 Å². The Labute approximate surface area is 492 Å². The smallest absolute Gasteiger partial charge is 0.361 e. The van der Waals surface area contributed by atoms with E-state index in [4.69, 9.17) is 18.9 Å². The second-order valence-corrected chi connectivity index (χ2v) is 25.6. The summed E-state index contributed by atoms with van der Waals surface area (Å²) in [5, 5.41) is 9.74. The predicted molar refractivity (Wildman–Crippen MR) is 337 cm³/mol. The van der Waals surface area contributed by atoms with E-state index in [1.54, 1.807) is 0 Å². The zero-order chi connectivity index (χ0) is 57.6. The fourth-order valence-corrected chi connectivity index (χ4v) is 11.0. The molecular weight excluding hydrogens is 983 g/mol. The molecular formula is C70H138NO8+. The average molecular weight is 1120 g/mol. The number of quaternary nitrogens is 1. The maximum absolute atomic E-state index is 12.9. The third-order valence-corrected chi connectivity index (χ3v) is 16.4. The van der Waals surface area contributed by atoms with Crippen molar-refractivity contribution in [1.29, 1.82) is 0 Å². The van der Waals surface area contributed by atoms with Crippen molar-refractivity contribution < 1.29 is 42.9 Å². The molecule has 0 bridgehead atoms. The van der Waals surface area contributed by atoms with Gasteiger partial charge in [0, 0.05) is 12.8 Å². The molecule has 0 aromatic heterocycles. The monoisotopic (exact) mass is 1120 g/mol. The van der Waals surface area contributed by atoms with Gasteiger partial charge in [0.2, 0.25) is 0 Å². The molecule has 9 heteroatoms. The van der Waals surface area contributed by atoms with E-state index in [1.807, 2.05) is 21.1 Å². The van der Waals surface area contributed by atoms with E-state index in [2.05, 4.69) is 13.8 Å². The Bertz CT molecular complexity index is 1260. The Morgan fingerprint density at radius 1 is 0.329 bits per heavy atom. The summed E-state index contributed by atoms with van der Waals surface area (Å²) >= 11 is 0. The third kappa shape index (κ3) is 63.7. The van der Waals surface area contributed by atoms with Crippen molar-refractivity contribution in [1.82, 2.24) is 0 Å². The van der Waals surface area contributed by atoms with Crippen molar-refractivity contribution >= 4 is 17.9 Å². The van der Waals surface area contributed by atoms with Crippen molar-refractivity contribution in [3.05, 3.63) is 0 Å². The molecule has 0 aliphatic carbocycles. The first-order chi connectivity index (χ1) is 38.6. The van der Waals surface area contributed by atoms with Gasteiger partial charge in [-0.3, -0.25) is 9.59 Å². The van der Waals surface area contributed by atoms with Crippen LogP contribution in [-0.4, -0.2) is 87.4 Å². The highest BCUT2D eigenvalue weighted by atomic mass is 16.7. The molecule has 0 aromatic rings. The fraction of sp³-hybridized carbons (Fsp3) is 0.957. The van der Waals surface area contributed by atoms with Gasteiger partial charge in [-0.25, -0.2) is 4.79 Å². The zero-order valence-electron chi connectivity index (χ0n) is 53.8. The number of unbranched alkanes of at least 4 members (excludes halogenated alkanes) is 52. The van der Waals surface area contributed by atoms with E-state index in [1.165, 1.54) is 308 Å². The Morgan fingerprint density at radius 3 is 0.810 bits per heavy atom. The lowest BCUT2D eigenvalue weighted by Gasteiger charge is -2.25. The van der Waals surface area contributed by atoms with Gasteiger partial charge in [0.1, 0.15) is 13.2 Å². The van der Waals surface area contributed by atoms with Gasteiger partial charge in [0.05, 0.1) is 34.4 Å². The molecule has 0 heterocycles. The van der Waals surface area contributed by atoms with Gasteiger partial charge in [-0.1, -0.05) is 348 Å². The maximum atomic E-state index is 12.9. The quantitative estimate of drug-likeness (QED) is 0.0278. The summed E-state index contributed by atoms with van der Waals surface area (Å²) in [6.45, 7) is 4.97. The number of likely N-dealkylation sites (N-methyl/N-ethyl adjacent to an activating group) is 1. The van der Waals surface area contributed by atoms with Crippen molar-refractivity contribution in [3.63, 3.8) is 0 Å². The molecule has 470 valence electrons. The minimum atomic E-state index is -1.50. The number of carboxylic acid groups (broad SMARTS) is 1. The van der Waals surface area contributed by atoms with Gasteiger partial charge in [-0.15, -0.1) is 0 Å². The summed E-state index contributed by atoms with van der Waals surface area (Å²) < 4.78 is 23.0. The first-order valence-corrected chi connectivity index (χ1v) is 35.2. The number of esters is 2. The lowest BCUT2D eigenvalue weighted by molar-refractivity contribution is -0.870. The molecule has 0 saturated carbocycles. The fourth-order valence-electron chi connectivity index (χ4n) is 11.0. The summed E-state index contributed by atoms with van der Waals surface area (Å²) in [7, 11) is 5.99. The second kappa shape index (κ2) is 62.3. The molecule has 79 heavy (non-hydrogen) atoms. The Kier molecular flexibility index (Phi) is 61.0. The number of aliphatic carboxylic acids is 1. The molecule has 2 unspecified atom stereocenters. The highest BCUT2D eigenvalue weighted by Crippen LogP contribution is 2.20. The molecule has 0 spiro atoms. The molecule has 0 aliphatic heterocycles. The standard InChI is InChI=1S/C70H137NO8/c1-6-8-10-12-14-16-18-20-22-24-26-28-29-30-31-32-33-34-35-36-37-38-39-40-41-43-45-47-49-51-53-55-57-59-61-68(73)79-66(65-78-70(69(74)75)76-63-62-71(3,4)5)64-77-67(72)60-58-56-54-52-50-48-46-44-42-27-25-23-21-19-17-15-13-11-9-7-2/h66,70H,6-65H2,1-5H3/p+1. The highest BCUT2D eigenvalue weighted by molar-refractivity contribution is 5.71. The molecule has 0 rings (SSSR count). The largest absolute Gasteiger partial charge is 0.477 e. The van der Waals surface area contributed by atoms with Gasteiger partial charge in [-0.2, -0.15) is 0 Å². The maximum Gasteiger partial charge on any atom is 0.361 e. The van der Waals surface area contributed by atoms with Gasteiger partial charge >= 0.3 is 17.9 Å².